The lowest BCUT2D eigenvalue weighted by molar-refractivity contribution is 1.24. The fourth-order valence-electron chi connectivity index (χ4n) is 0.871. The molecular weight excluding hydrogens is 142 g/mol. The summed E-state index contributed by atoms with van der Waals surface area (Å²) in [5.74, 6) is 0. The molecule has 0 amide bonds. The van der Waals surface area contributed by atoms with Crippen molar-refractivity contribution in [1.29, 1.82) is 0 Å². The molecule has 0 spiro atoms. The molecule has 0 N–H and O–H groups in total. The van der Waals surface area contributed by atoms with E-state index in [1.54, 1.807) is 11.3 Å². The van der Waals surface area contributed by atoms with Crippen LogP contribution >= 0.6 is 11.3 Å². The highest BCUT2D eigenvalue weighted by Crippen LogP contribution is 2.20. The molecule has 0 unspecified atom stereocenters. The van der Waals surface area contributed by atoms with Gasteiger partial charge in [0.2, 0.25) is 0 Å². The third-order valence-corrected chi connectivity index (χ3v) is 2.22. The van der Waals surface area contributed by atoms with Crippen LogP contribution in [0.15, 0.2) is 35.9 Å². The average molecular weight is 148 g/mol. The Hall–Kier alpha value is -1.02. The molecule has 2 heterocycles. The van der Waals surface area contributed by atoms with Gasteiger partial charge in [-0.2, -0.15) is 0 Å². The van der Waals surface area contributed by atoms with E-state index in [0.717, 1.165) is 5.70 Å². The van der Waals surface area contributed by atoms with E-state index in [9.17, 15) is 0 Å². The van der Waals surface area contributed by atoms with Crippen molar-refractivity contribution in [1.82, 2.24) is 5.32 Å². The number of nitrogens with zero attached hydrogens (tertiary/aromatic N) is 1. The van der Waals surface area contributed by atoms with Crippen molar-refractivity contribution in [3.05, 3.63) is 40.7 Å². The lowest BCUT2D eigenvalue weighted by Gasteiger charge is -1.93. The van der Waals surface area contributed by atoms with E-state index >= 15 is 0 Å². The Morgan fingerprint density at radius 1 is 1.40 bits per heavy atom. The van der Waals surface area contributed by atoms with Crippen molar-refractivity contribution in [2.75, 3.05) is 0 Å². The number of hydrogen-bond donors (Lipinski definition) is 0. The van der Waals surface area contributed by atoms with Crippen molar-refractivity contribution in [2.45, 2.75) is 0 Å². The monoisotopic (exact) mass is 148 g/mol. The van der Waals surface area contributed by atoms with E-state index in [-0.39, 0.29) is 0 Å². The van der Waals surface area contributed by atoms with E-state index in [4.69, 9.17) is 0 Å². The Bertz CT molecular complexity index is 269. The van der Waals surface area contributed by atoms with Crippen molar-refractivity contribution in [3.63, 3.8) is 0 Å². The van der Waals surface area contributed by atoms with Crippen LogP contribution in [0.1, 0.15) is 4.88 Å². The van der Waals surface area contributed by atoms with Gasteiger partial charge in [-0.25, -0.2) is 0 Å². The minimum Gasteiger partial charge on any atom is -0.255 e. The maximum absolute atomic E-state index is 4.17. The summed E-state index contributed by atoms with van der Waals surface area (Å²) in [5.41, 5.74) is 1.08. The van der Waals surface area contributed by atoms with Crippen LogP contribution in [0.4, 0.5) is 0 Å². The van der Waals surface area contributed by atoms with Gasteiger partial charge in [-0.1, -0.05) is 6.07 Å². The summed E-state index contributed by atoms with van der Waals surface area (Å²) < 4.78 is 0. The highest BCUT2D eigenvalue weighted by molar-refractivity contribution is 7.11. The molecule has 49 valence electrons. The van der Waals surface area contributed by atoms with Gasteiger partial charge in [0.05, 0.1) is 10.6 Å². The Labute approximate surface area is 63.7 Å². The molecule has 0 aromatic carbocycles. The normalized spacial score (nSPS) is 15.0. The number of hydrogen-bond acceptors (Lipinski definition) is 1. The Kier molecular flexibility index (Phi) is 1.32. The van der Waals surface area contributed by atoms with Gasteiger partial charge in [0.15, 0.2) is 0 Å². The molecule has 0 saturated heterocycles. The second-order valence-electron chi connectivity index (χ2n) is 2.00. The first kappa shape index (κ1) is 5.74. The highest BCUT2D eigenvalue weighted by atomic mass is 32.1. The fourth-order valence-corrected chi connectivity index (χ4v) is 1.57. The van der Waals surface area contributed by atoms with Gasteiger partial charge in [-0.3, -0.25) is 5.32 Å². The molecule has 10 heavy (non-hydrogen) atoms. The van der Waals surface area contributed by atoms with Gasteiger partial charge in [0, 0.05) is 6.20 Å². The Morgan fingerprint density at radius 2 is 2.40 bits per heavy atom. The van der Waals surface area contributed by atoms with Gasteiger partial charge >= 0.3 is 0 Å². The average Bonchev–Trinajstić information content (AvgIpc) is 2.59. The molecule has 1 nitrogen and oxygen atoms in total. The van der Waals surface area contributed by atoms with Crippen LogP contribution in [-0.2, 0) is 0 Å². The van der Waals surface area contributed by atoms with Crippen LogP contribution in [0.2, 0.25) is 0 Å². The summed E-state index contributed by atoms with van der Waals surface area (Å²) in [7, 11) is 0. The minimum absolute atomic E-state index is 1.08. The van der Waals surface area contributed by atoms with Crippen molar-refractivity contribution < 1.29 is 0 Å². The van der Waals surface area contributed by atoms with E-state index in [2.05, 4.69) is 16.8 Å². The number of allylic oxidation sites excluding steroid dienone is 2. The van der Waals surface area contributed by atoms with Crippen LogP contribution in [0.5, 0.6) is 0 Å². The van der Waals surface area contributed by atoms with Gasteiger partial charge in [-0.15, -0.1) is 11.3 Å². The molecule has 0 fully saturated rings. The summed E-state index contributed by atoms with van der Waals surface area (Å²) in [6.45, 7) is 0. The number of rotatable bonds is 1. The molecule has 2 heteroatoms. The standard InChI is InChI=1S/C8H6NS/c1-3-7(9-5-1)8-4-2-6-10-8/h1-6H. The molecule has 1 radical (unpaired) electrons. The molecule has 1 aromatic heterocycles. The molecule has 1 aromatic rings. The van der Waals surface area contributed by atoms with E-state index in [1.807, 2.05) is 24.4 Å². The maximum Gasteiger partial charge on any atom is 0.0802 e. The van der Waals surface area contributed by atoms with E-state index in [0.29, 0.717) is 0 Å². The molecule has 1 aliphatic rings. The first-order valence-electron chi connectivity index (χ1n) is 3.08. The summed E-state index contributed by atoms with van der Waals surface area (Å²) in [6, 6.07) is 4.11. The summed E-state index contributed by atoms with van der Waals surface area (Å²) in [5, 5.41) is 6.23. The molecule has 2 rings (SSSR count). The van der Waals surface area contributed by atoms with E-state index in [1.165, 1.54) is 4.88 Å². The zero-order valence-electron chi connectivity index (χ0n) is 5.32. The maximum atomic E-state index is 4.17. The molecule has 0 aliphatic carbocycles. The quantitative estimate of drug-likeness (QED) is 0.579. The third-order valence-electron chi connectivity index (χ3n) is 1.33. The van der Waals surface area contributed by atoms with Crippen LogP contribution < -0.4 is 5.32 Å². The first-order chi connectivity index (χ1) is 4.97. The second kappa shape index (κ2) is 2.31. The Balaban J connectivity index is 2.30. The van der Waals surface area contributed by atoms with Crippen LogP contribution in [0, 0.1) is 0 Å². The van der Waals surface area contributed by atoms with Gasteiger partial charge < -0.3 is 0 Å². The summed E-state index contributed by atoms with van der Waals surface area (Å²) >= 11 is 1.72. The molecular formula is C8H6NS. The Morgan fingerprint density at radius 3 is 3.00 bits per heavy atom. The zero-order chi connectivity index (χ0) is 6.81. The molecule has 1 aliphatic heterocycles. The van der Waals surface area contributed by atoms with Crippen molar-refractivity contribution >= 4 is 17.0 Å². The second-order valence-corrected chi connectivity index (χ2v) is 2.95. The molecule has 0 saturated carbocycles. The highest BCUT2D eigenvalue weighted by Gasteiger charge is 2.02. The molecule has 0 atom stereocenters. The summed E-state index contributed by atoms with van der Waals surface area (Å²) in [6.07, 6.45) is 5.79. The molecule has 0 bridgehead atoms. The fraction of sp³-hybridized carbons (Fsp3) is 0. The topological polar surface area (TPSA) is 14.1 Å². The predicted molar refractivity (Wildman–Crippen MR) is 43.6 cm³/mol. The lowest BCUT2D eigenvalue weighted by atomic mass is 10.3. The third kappa shape index (κ3) is 0.866. The van der Waals surface area contributed by atoms with Gasteiger partial charge in [0.25, 0.3) is 0 Å². The van der Waals surface area contributed by atoms with Crippen molar-refractivity contribution in [3.8, 4) is 0 Å². The first-order valence-corrected chi connectivity index (χ1v) is 3.96. The van der Waals surface area contributed by atoms with Crippen LogP contribution in [0.25, 0.3) is 5.70 Å². The van der Waals surface area contributed by atoms with Crippen molar-refractivity contribution in [2.24, 2.45) is 0 Å². The zero-order valence-corrected chi connectivity index (χ0v) is 6.14. The van der Waals surface area contributed by atoms with E-state index < -0.39 is 0 Å². The smallest absolute Gasteiger partial charge is 0.0802 e. The lowest BCUT2D eigenvalue weighted by Crippen LogP contribution is -1.86. The van der Waals surface area contributed by atoms with Crippen LogP contribution in [0.3, 0.4) is 0 Å². The van der Waals surface area contributed by atoms with Crippen LogP contribution in [-0.4, -0.2) is 0 Å². The van der Waals surface area contributed by atoms with Gasteiger partial charge in [-0.05, 0) is 23.6 Å². The number of thiophene rings is 1. The van der Waals surface area contributed by atoms with Gasteiger partial charge in [0.1, 0.15) is 0 Å². The largest absolute Gasteiger partial charge is 0.255 e. The summed E-state index contributed by atoms with van der Waals surface area (Å²) in [4.78, 5) is 1.24. The predicted octanol–water partition coefficient (Wildman–Crippen LogP) is 2.22. The SMILES string of the molecule is C1=C[N]C(c2cccs2)=C1. The minimum atomic E-state index is 1.08.